The maximum Gasteiger partial charge on any atom is 0.309 e. The molecule has 158 valence electrons. The quantitative estimate of drug-likeness (QED) is 0.540. The van der Waals surface area contributed by atoms with Crippen molar-refractivity contribution in [3.63, 3.8) is 0 Å². The molecule has 3 aliphatic rings. The van der Waals surface area contributed by atoms with Crippen LogP contribution in [0.15, 0.2) is 24.3 Å². The second-order valence-corrected chi connectivity index (χ2v) is 8.87. The lowest BCUT2D eigenvalue weighted by Crippen LogP contribution is -2.52. The molecule has 1 atom stereocenters. The van der Waals surface area contributed by atoms with E-state index < -0.39 is 5.79 Å². The average molecular weight is 401 g/mol. The fourth-order valence-corrected chi connectivity index (χ4v) is 5.42. The summed E-state index contributed by atoms with van der Waals surface area (Å²) in [6.45, 7) is 7.19. The van der Waals surface area contributed by atoms with E-state index in [1.165, 1.54) is 17.7 Å². The van der Waals surface area contributed by atoms with Crippen LogP contribution in [0.25, 0.3) is 0 Å². The fraction of sp³-hybridized carbons (Fsp3) is 0.652. The van der Waals surface area contributed by atoms with Crippen LogP contribution in [-0.2, 0) is 19.1 Å². The van der Waals surface area contributed by atoms with Crippen molar-refractivity contribution < 1.29 is 19.1 Å². The second kappa shape index (κ2) is 8.34. The summed E-state index contributed by atoms with van der Waals surface area (Å²) in [7, 11) is 0. The van der Waals surface area contributed by atoms with Gasteiger partial charge in [0.2, 0.25) is 0 Å². The number of hydrogen-bond acceptors (Lipinski definition) is 6. The molecule has 0 bridgehead atoms. The van der Waals surface area contributed by atoms with Crippen LogP contribution in [0.2, 0.25) is 0 Å². The van der Waals surface area contributed by atoms with Crippen molar-refractivity contribution in [3.8, 4) is 0 Å². The maximum atomic E-state index is 12.2. The Morgan fingerprint density at radius 3 is 2.41 bits per heavy atom. The summed E-state index contributed by atoms with van der Waals surface area (Å²) < 4.78 is 11.3. The average Bonchev–Trinajstić information content (AvgIpc) is 2.99. The smallest absolute Gasteiger partial charge is 0.309 e. The molecule has 3 fully saturated rings. The minimum absolute atomic E-state index is 0.224. The van der Waals surface area contributed by atoms with E-state index in [0.717, 1.165) is 58.4 Å². The Morgan fingerprint density at radius 2 is 1.76 bits per heavy atom. The largest absolute Gasteiger partial charge is 0.424 e. The molecule has 1 saturated carbocycles. The molecule has 6 heteroatoms. The predicted octanol–water partition coefficient (Wildman–Crippen LogP) is 3.27. The third kappa shape index (κ3) is 4.00. The first-order valence-corrected chi connectivity index (χ1v) is 10.9. The van der Waals surface area contributed by atoms with Crippen LogP contribution in [-0.4, -0.2) is 55.9 Å². The molecule has 0 radical (unpaired) electrons. The van der Waals surface area contributed by atoms with Gasteiger partial charge >= 0.3 is 5.97 Å². The lowest BCUT2D eigenvalue weighted by atomic mass is 9.66. The monoisotopic (exact) mass is 400 g/mol. The van der Waals surface area contributed by atoms with Crippen molar-refractivity contribution >= 4 is 18.1 Å². The van der Waals surface area contributed by atoms with Crippen LogP contribution in [0, 0.1) is 12.3 Å². The molecule has 0 N–H and O–H groups in total. The highest BCUT2D eigenvalue weighted by Gasteiger charge is 2.62. The van der Waals surface area contributed by atoms with Crippen LogP contribution in [0.1, 0.15) is 50.5 Å². The Kier molecular flexibility index (Phi) is 5.81. The van der Waals surface area contributed by atoms with Gasteiger partial charge in [-0.25, -0.2) is 0 Å². The van der Waals surface area contributed by atoms with Gasteiger partial charge in [-0.15, -0.1) is 0 Å². The SMILES string of the molecule is Cc1ccc(N2CCN(CCC3(OC=O)OC(=O)CC34CCCCC4)CC2)cc1. The number of rotatable bonds is 6. The fourth-order valence-electron chi connectivity index (χ4n) is 5.42. The molecule has 2 saturated heterocycles. The van der Waals surface area contributed by atoms with Gasteiger partial charge in [0.1, 0.15) is 0 Å². The molecule has 4 rings (SSSR count). The molecule has 6 nitrogen and oxygen atoms in total. The molecular formula is C23H32N2O4. The number of carbonyl (C=O) groups excluding carboxylic acids is 2. The van der Waals surface area contributed by atoms with E-state index in [0.29, 0.717) is 19.3 Å². The first kappa shape index (κ1) is 20.2. The number of esters is 1. The number of piperazine rings is 1. The van der Waals surface area contributed by atoms with Crippen molar-refractivity contribution in [1.82, 2.24) is 4.90 Å². The van der Waals surface area contributed by atoms with Crippen LogP contribution >= 0.6 is 0 Å². The van der Waals surface area contributed by atoms with Crippen LogP contribution in [0.5, 0.6) is 0 Å². The van der Waals surface area contributed by atoms with Gasteiger partial charge in [0.15, 0.2) is 0 Å². The van der Waals surface area contributed by atoms with Gasteiger partial charge in [0, 0.05) is 44.8 Å². The third-order valence-electron chi connectivity index (χ3n) is 7.15. The Balaban J connectivity index is 1.38. The van der Waals surface area contributed by atoms with Crippen molar-refractivity contribution in [2.24, 2.45) is 5.41 Å². The van der Waals surface area contributed by atoms with E-state index in [1.807, 2.05) is 0 Å². The summed E-state index contributed by atoms with van der Waals surface area (Å²) in [5.74, 6) is -1.31. The van der Waals surface area contributed by atoms with Crippen molar-refractivity contribution in [3.05, 3.63) is 29.8 Å². The molecule has 1 spiro atoms. The van der Waals surface area contributed by atoms with Crippen LogP contribution in [0.3, 0.4) is 0 Å². The highest BCUT2D eigenvalue weighted by atomic mass is 16.7. The third-order valence-corrected chi connectivity index (χ3v) is 7.15. The number of aryl methyl sites for hydroxylation is 1. The Labute approximate surface area is 173 Å². The summed E-state index contributed by atoms with van der Waals surface area (Å²) in [5, 5.41) is 0. The number of hydrogen-bond donors (Lipinski definition) is 0. The molecule has 1 aromatic rings. The van der Waals surface area contributed by atoms with Gasteiger partial charge in [-0.3, -0.25) is 14.5 Å². The molecule has 2 heterocycles. The molecular weight excluding hydrogens is 368 g/mol. The maximum absolute atomic E-state index is 12.2. The zero-order valence-electron chi connectivity index (χ0n) is 17.4. The van der Waals surface area contributed by atoms with E-state index in [-0.39, 0.29) is 11.4 Å². The van der Waals surface area contributed by atoms with Gasteiger partial charge in [-0.05, 0) is 31.9 Å². The van der Waals surface area contributed by atoms with Crippen molar-refractivity contribution in [2.45, 2.75) is 57.7 Å². The van der Waals surface area contributed by atoms with Crippen molar-refractivity contribution in [1.29, 1.82) is 0 Å². The Morgan fingerprint density at radius 1 is 1.07 bits per heavy atom. The number of carbonyl (C=O) groups is 2. The molecule has 0 aromatic heterocycles. The molecule has 1 unspecified atom stereocenters. The lowest BCUT2D eigenvalue weighted by Gasteiger charge is -2.45. The van der Waals surface area contributed by atoms with Gasteiger partial charge in [0.05, 0.1) is 11.8 Å². The number of ether oxygens (including phenoxy) is 2. The molecule has 0 amide bonds. The number of benzene rings is 1. The first-order valence-electron chi connectivity index (χ1n) is 10.9. The predicted molar refractivity (Wildman–Crippen MR) is 111 cm³/mol. The van der Waals surface area contributed by atoms with Gasteiger partial charge in [-0.1, -0.05) is 37.0 Å². The molecule has 2 aliphatic heterocycles. The number of anilines is 1. The summed E-state index contributed by atoms with van der Waals surface area (Å²) in [6, 6.07) is 8.67. The highest BCUT2D eigenvalue weighted by Crippen LogP contribution is 2.55. The minimum Gasteiger partial charge on any atom is -0.424 e. The number of cyclic esters (lactones) is 1. The van der Waals surface area contributed by atoms with E-state index in [4.69, 9.17) is 9.47 Å². The first-order chi connectivity index (χ1) is 14.1. The van der Waals surface area contributed by atoms with Gasteiger partial charge < -0.3 is 14.4 Å². The van der Waals surface area contributed by atoms with Crippen LogP contribution in [0.4, 0.5) is 5.69 Å². The zero-order chi connectivity index (χ0) is 20.3. The second-order valence-electron chi connectivity index (χ2n) is 8.87. The summed E-state index contributed by atoms with van der Waals surface area (Å²) >= 11 is 0. The summed E-state index contributed by atoms with van der Waals surface area (Å²) in [5.41, 5.74) is 2.20. The molecule has 1 aromatic carbocycles. The normalized spacial score (nSPS) is 27.1. The summed E-state index contributed by atoms with van der Waals surface area (Å²) in [4.78, 5) is 28.4. The van der Waals surface area contributed by atoms with E-state index in [9.17, 15) is 9.59 Å². The highest BCUT2D eigenvalue weighted by molar-refractivity contribution is 5.74. The topological polar surface area (TPSA) is 59.1 Å². The lowest BCUT2D eigenvalue weighted by molar-refractivity contribution is -0.246. The van der Waals surface area contributed by atoms with E-state index >= 15 is 0 Å². The van der Waals surface area contributed by atoms with Crippen LogP contribution < -0.4 is 4.90 Å². The molecule has 1 aliphatic carbocycles. The van der Waals surface area contributed by atoms with Gasteiger partial charge in [0.25, 0.3) is 12.3 Å². The van der Waals surface area contributed by atoms with Gasteiger partial charge in [-0.2, -0.15) is 0 Å². The van der Waals surface area contributed by atoms with E-state index in [2.05, 4.69) is 41.0 Å². The minimum atomic E-state index is -1.08. The summed E-state index contributed by atoms with van der Waals surface area (Å²) in [6.07, 6.45) is 6.03. The van der Waals surface area contributed by atoms with E-state index in [1.54, 1.807) is 0 Å². The molecule has 29 heavy (non-hydrogen) atoms. The van der Waals surface area contributed by atoms with Crippen molar-refractivity contribution in [2.75, 3.05) is 37.6 Å². The Hall–Kier alpha value is -2.08. The zero-order valence-corrected chi connectivity index (χ0v) is 17.4. The standard InChI is InChI=1S/C23H32N2O4/c1-19-5-7-20(8-6-19)25-15-13-24(14-16-25)12-11-23(28-18-26)22(17-21(27)29-23)9-3-2-4-10-22/h5-8,18H,2-4,9-17H2,1H3. The number of nitrogens with zero attached hydrogens (tertiary/aromatic N) is 2. The Bertz CT molecular complexity index is 721.